The summed E-state index contributed by atoms with van der Waals surface area (Å²) in [6, 6.07) is 20.1. The van der Waals surface area contributed by atoms with Crippen molar-refractivity contribution in [1.82, 2.24) is 14.5 Å². The zero-order chi connectivity index (χ0) is 24.4. The number of nitrogens with zero attached hydrogens (tertiary/aromatic N) is 3. The van der Waals surface area contributed by atoms with E-state index in [1.807, 2.05) is 53.4 Å². The van der Waals surface area contributed by atoms with Crippen LogP contribution in [-0.2, 0) is 5.75 Å². The van der Waals surface area contributed by atoms with Crippen LogP contribution in [0.1, 0.15) is 28.8 Å². The van der Waals surface area contributed by atoms with Crippen LogP contribution in [0.4, 0.5) is 0 Å². The number of aromatic nitrogens is 2. The van der Waals surface area contributed by atoms with Crippen LogP contribution in [0.2, 0.25) is 5.02 Å². The highest BCUT2D eigenvalue weighted by atomic mass is 35.5. The Morgan fingerprint density at radius 2 is 1.83 bits per heavy atom. The number of rotatable bonds is 6. The van der Waals surface area contributed by atoms with Crippen molar-refractivity contribution in [1.29, 1.82) is 0 Å². The number of likely N-dealkylation sites (tertiary alicyclic amines) is 1. The third kappa shape index (κ3) is 4.92. The molecule has 4 aromatic rings. The Balaban J connectivity index is 1.59. The Morgan fingerprint density at radius 3 is 2.54 bits per heavy atom. The monoisotopic (exact) mass is 505 g/mol. The highest BCUT2D eigenvalue weighted by Gasteiger charge is 2.21. The zero-order valence-corrected chi connectivity index (χ0v) is 20.8. The number of thioether (sulfide) groups is 1. The topological polar surface area (TPSA) is 64.4 Å². The van der Waals surface area contributed by atoms with E-state index in [4.69, 9.17) is 21.3 Å². The number of ether oxygens (including phenoxy) is 1. The second kappa shape index (κ2) is 10.1. The van der Waals surface area contributed by atoms with Crippen molar-refractivity contribution < 1.29 is 9.53 Å². The van der Waals surface area contributed by atoms with Crippen molar-refractivity contribution in [3.63, 3.8) is 0 Å². The van der Waals surface area contributed by atoms with E-state index in [2.05, 4.69) is 0 Å². The van der Waals surface area contributed by atoms with Gasteiger partial charge in [0.2, 0.25) is 0 Å². The molecular weight excluding hydrogens is 482 g/mol. The third-order valence-electron chi connectivity index (χ3n) is 6.07. The van der Waals surface area contributed by atoms with E-state index < -0.39 is 0 Å². The number of fused-ring (bicyclic) bond motifs is 1. The number of hydrogen-bond donors (Lipinski definition) is 0. The molecule has 2 heterocycles. The fourth-order valence-electron chi connectivity index (χ4n) is 4.23. The molecule has 1 aliphatic rings. The highest BCUT2D eigenvalue weighted by molar-refractivity contribution is 7.98. The van der Waals surface area contributed by atoms with Crippen LogP contribution in [0.15, 0.2) is 76.7 Å². The number of amides is 1. The Hall–Kier alpha value is -3.29. The Bertz CT molecular complexity index is 1450. The SMILES string of the molecule is COc1ccc(-n2c(SCc3cccc(Cl)c3)nc3cc(C(=O)N4CCCC4)ccc3c2=O)cc1. The Labute approximate surface area is 212 Å². The first kappa shape index (κ1) is 23.5. The van der Waals surface area contributed by atoms with Crippen LogP contribution in [0.25, 0.3) is 16.6 Å². The number of hydrogen-bond acceptors (Lipinski definition) is 5. The van der Waals surface area contributed by atoms with E-state index in [-0.39, 0.29) is 11.5 Å². The molecule has 3 aromatic carbocycles. The molecule has 1 saturated heterocycles. The summed E-state index contributed by atoms with van der Waals surface area (Å²) >= 11 is 7.61. The van der Waals surface area contributed by atoms with Crippen LogP contribution in [0.5, 0.6) is 5.75 Å². The van der Waals surface area contributed by atoms with Gasteiger partial charge in [-0.1, -0.05) is 35.5 Å². The average molecular weight is 506 g/mol. The minimum absolute atomic E-state index is 0.0151. The maximum absolute atomic E-state index is 13.7. The molecule has 1 fully saturated rings. The predicted octanol–water partition coefficient (Wildman–Crippen LogP) is 5.58. The van der Waals surface area contributed by atoms with Gasteiger partial charge in [0.1, 0.15) is 5.75 Å². The van der Waals surface area contributed by atoms with Crippen molar-refractivity contribution in [2.24, 2.45) is 0 Å². The average Bonchev–Trinajstić information content (AvgIpc) is 3.42. The molecule has 35 heavy (non-hydrogen) atoms. The summed E-state index contributed by atoms with van der Waals surface area (Å²) in [4.78, 5) is 33.3. The summed E-state index contributed by atoms with van der Waals surface area (Å²) in [6.45, 7) is 1.54. The zero-order valence-electron chi connectivity index (χ0n) is 19.2. The van der Waals surface area contributed by atoms with E-state index in [0.29, 0.717) is 43.8 Å². The molecule has 0 atom stereocenters. The Kier molecular flexibility index (Phi) is 6.79. The molecule has 6 nitrogen and oxygen atoms in total. The van der Waals surface area contributed by atoms with Crippen molar-refractivity contribution in [3.05, 3.63) is 93.2 Å². The normalized spacial score (nSPS) is 13.4. The molecule has 0 saturated carbocycles. The summed E-state index contributed by atoms with van der Waals surface area (Å²) in [5, 5.41) is 1.66. The lowest BCUT2D eigenvalue weighted by molar-refractivity contribution is 0.0793. The van der Waals surface area contributed by atoms with Crippen molar-refractivity contribution >= 4 is 40.2 Å². The van der Waals surface area contributed by atoms with Gasteiger partial charge in [0.25, 0.3) is 11.5 Å². The number of halogens is 1. The third-order valence-corrected chi connectivity index (χ3v) is 7.31. The van der Waals surface area contributed by atoms with Gasteiger partial charge in [-0.25, -0.2) is 4.98 Å². The van der Waals surface area contributed by atoms with Crippen LogP contribution in [0.3, 0.4) is 0 Å². The molecule has 0 bridgehead atoms. The first-order valence-corrected chi connectivity index (χ1v) is 12.8. The molecule has 0 radical (unpaired) electrons. The van der Waals surface area contributed by atoms with Gasteiger partial charge in [0.15, 0.2) is 5.16 Å². The maximum atomic E-state index is 13.7. The van der Waals surface area contributed by atoms with Crippen molar-refractivity contribution in [2.45, 2.75) is 23.8 Å². The number of carbonyl (C=O) groups excluding carboxylic acids is 1. The van der Waals surface area contributed by atoms with E-state index in [0.717, 1.165) is 31.5 Å². The first-order chi connectivity index (χ1) is 17.0. The molecule has 0 N–H and O–H groups in total. The summed E-state index contributed by atoms with van der Waals surface area (Å²) in [5.74, 6) is 1.27. The molecular formula is C27H24ClN3O3S. The van der Waals surface area contributed by atoms with Gasteiger partial charge in [0.05, 0.1) is 23.7 Å². The number of carbonyl (C=O) groups is 1. The molecule has 0 aliphatic carbocycles. The molecule has 5 rings (SSSR count). The van der Waals surface area contributed by atoms with Gasteiger partial charge in [-0.3, -0.25) is 14.2 Å². The highest BCUT2D eigenvalue weighted by Crippen LogP contribution is 2.27. The number of benzene rings is 3. The van der Waals surface area contributed by atoms with E-state index in [9.17, 15) is 9.59 Å². The van der Waals surface area contributed by atoms with Gasteiger partial charge in [-0.2, -0.15) is 0 Å². The largest absolute Gasteiger partial charge is 0.497 e. The number of methoxy groups -OCH3 is 1. The van der Waals surface area contributed by atoms with Gasteiger partial charge >= 0.3 is 0 Å². The molecule has 1 amide bonds. The van der Waals surface area contributed by atoms with Crippen LogP contribution >= 0.6 is 23.4 Å². The van der Waals surface area contributed by atoms with E-state index >= 15 is 0 Å². The quantitative estimate of drug-likeness (QED) is 0.253. The summed E-state index contributed by atoms with van der Waals surface area (Å²) < 4.78 is 6.88. The standard InChI is InChI=1S/C27H24ClN3O3S/c1-34-22-10-8-21(9-11-22)31-26(33)23-12-7-19(25(32)30-13-2-3-14-30)16-24(23)29-27(31)35-17-18-5-4-6-20(28)15-18/h4-12,15-16H,2-3,13-14,17H2,1H3. The van der Waals surface area contributed by atoms with Gasteiger partial charge in [-0.15, -0.1) is 0 Å². The first-order valence-electron chi connectivity index (χ1n) is 11.4. The van der Waals surface area contributed by atoms with Crippen molar-refractivity contribution in [2.75, 3.05) is 20.2 Å². The van der Waals surface area contributed by atoms with Crippen LogP contribution in [-0.4, -0.2) is 40.6 Å². The van der Waals surface area contributed by atoms with Crippen LogP contribution in [0, 0.1) is 0 Å². The molecule has 0 unspecified atom stereocenters. The molecule has 178 valence electrons. The molecule has 1 aromatic heterocycles. The summed E-state index contributed by atoms with van der Waals surface area (Å²) in [6.07, 6.45) is 2.04. The molecule has 1 aliphatic heterocycles. The summed E-state index contributed by atoms with van der Waals surface area (Å²) in [7, 11) is 1.60. The molecule has 0 spiro atoms. The predicted molar refractivity (Wildman–Crippen MR) is 140 cm³/mol. The lowest BCUT2D eigenvalue weighted by Crippen LogP contribution is -2.28. The minimum atomic E-state index is -0.186. The summed E-state index contributed by atoms with van der Waals surface area (Å²) in [5.41, 5.74) is 2.60. The molecule has 8 heteroatoms. The van der Waals surface area contributed by atoms with Gasteiger partial charge in [-0.05, 0) is 73.0 Å². The lowest BCUT2D eigenvalue weighted by Gasteiger charge is -2.16. The second-order valence-electron chi connectivity index (χ2n) is 8.38. The van der Waals surface area contributed by atoms with E-state index in [1.54, 1.807) is 29.9 Å². The second-order valence-corrected chi connectivity index (χ2v) is 9.76. The smallest absolute Gasteiger partial charge is 0.266 e. The fraction of sp³-hybridized carbons (Fsp3) is 0.222. The lowest BCUT2D eigenvalue weighted by atomic mass is 10.1. The minimum Gasteiger partial charge on any atom is -0.497 e. The maximum Gasteiger partial charge on any atom is 0.266 e. The van der Waals surface area contributed by atoms with Crippen molar-refractivity contribution in [3.8, 4) is 11.4 Å². The van der Waals surface area contributed by atoms with Gasteiger partial charge in [0, 0.05) is 29.4 Å². The van der Waals surface area contributed by atoms with E-state index in [1.165, 1.54) is 11.8 Å². The van der Waals surface area contributed by atoms with Gasteiger partial charge < -0.3 is 9.64 Å². The van der Waals surface area contributed by atoms with Crippen LogP contribution < -0.4 is 10.3 Å². The fourth-order valence-corrected chi connectivity index (χ4v) is 5.40. The Morgan fingerprint density at radius 1 is 1.06 bits per heavy atom.